The van der Waals surface area contributed by atoms with Crippen molar-refractivity contribution in [2.24, 2.45) is 0 Å². The molecule has 0 amide bonds. The predicted octanol–water partition coefficient (Wildman–Crippen LogP) is 4.71. The van der Waals surface area contributed by atoms with Gasteiger partial charge in [0, 0.05) is 16.1 Å². The van der Waals surface area contributed by atoms with Gasteiger partial charge in [-0.15, -0.1) is 0 Å². The number of carboxylic acids is 1. The number of nitrogens with zero attached hydrogens (tertiary/aromatic N) is 1. The van der Waals surface area contributed by atoms with Gasteiger partial charge < -0.3 is 9.84 Å². The molecule has 27 heavy (non-hydrogen) atoms. The lowest BCUT2D eigenvalue weighted by Crippen LogP contribution is -2.10. The van der Waals surface area contributed by atoms with E-state index in [2.05, 4.69) is 4.74 Å². The van der Waals surface area contributed by atoms with Crippen LogP contribution in [0.1, 0.15) is 11.1 Å². The topological polar surface area (TPSA) is 89.7 Å². The molecule has 6 nitrogen and oxygen atoms in total. The molecule has 0 atom stereocenters. The number of aliphatic carboxylic acids is 1. The molecule has 0 unspecified atom stereocenters. The molecule has 144 valence electrons. The van der Waals surface area contributed by atoms with E-state index < -0.39 is 57.4 Å². The molecule has 0 heterocycles. The molecule has 0 radical (unpaired) electrons. The first-order valence-corrected chi connectivity index (χ1v) is 7.47. The van der Waals surface area contributed by atoms with Crippen molar-refractivity contribution in [1.29, 1.82) is 0 Å². The van der Waals surface area contributed by atoms with Gasteiger partial charge in [0.05, 0.1) is 24.0 Å². The van der Waals surface area contributed by atoms with Crippen LogP contribution in [0.15, 0.2) is 24.3 Å². The van der Waals surface area contributed by atoms with Crippen LogP contribution in [0.2, 0.25) is 5.02 Å². The smallest absolute Gasteiger partial charge is 0.420 e. The van der Waals surface area contributed by atoms with Gasteiger partial charge in [-0.05, 0) is 24.3 Å². The lowest BCUT2D eigenvalue weighted by atomic mass is 9.97. The summed E-state index contributed by atoms with van der Waals surface area (Å²) in [5, 5.41) is 20.1. The molecule has 0 aliphatic carbocycles. The first-order chi connectivity index (χ1) is 12.5. The summed E-state index contributed by atoms with van der Waals surface area (Å²) < 4.78 is 58.6. The van der Waals surface area contributed by atoms with Crippen LogP contribution in [0.3, 0.4) is 0 Å². The summed E-state index contributed by atoms with van der Waals surface area (Å²) in [5.41, 5.74) is -3.95. The molecule has 0 saturated carbocycles. The second-order valence-corrected chi connectivity index (χ2v) is 5.73. The van der Waals surface area contributed by atoms with E-state index in [0.717, 1.165) is 19.2 Å². The zero-order valence-electron chi connectivity index (χ0n) is 13.4. The number of nitro groups is 1. The molecule has 0 aliphatic rings. The van der Waals surface area contributed by atoms with Gasteiger partial charge >= 0.3 is 17.8 Å². The standard InChI is InChI=1S/C16H10ClF4NO5/c1-27-15-11(16(19,20)21)3-2-9(14(15)22(25)26)10-6-8(17)4-7(13(10)18)5-12(23)24/h2-4,6H,5H2,1H3,(H,23,24). The second kappa shape index (κ2) is 7.39. The highest BCUT2D eigenvalue weighted by molar-refractivity contribution is 6.31. The van der Waals surface area contributed by atoms with Crippen molar-refractivity contribution in [3.05, 3.63) is 56.3 Å². The molecule has 0 fully saturated rings. The van der Waals surface area contributed by atoms with Gasteiger partial charge in [0.25, 0.3) is 0 Å². The number of benzene rings is 2. The summed E-state index contributed by atoms with van der Waals surface area (Å²) in [6.07, 6.45) is -5.72. The summed E-state index contributed by atoms with van der Waals surface area (Å²) in [6, 6.07) is 3.19. The van der Waals surface area contributed by atoms with Crippen molar-refractivity contribution in [2.45, 2.75) is 12.6 Å². The Morgan fingerprint density at radius 1 is 1.30 bits per heavy atom. The highest BCUT2D eigenvalue weighted by Crippen LogP contribution is 2.47. The summed E-state index contributed by atoms with van der Waals surface area (Å²) in [4.78, 5) is 21.1. The Bertz CT molecular complexity index is 930. The normalized spacial score (nSPS) is 11.3. The van der Waals surface area contributed by atoms with E-state index in [1.807, 2.05) is 0 Å². The Labute approximate surface area is 154 Å². The average Bonchev–Trinajstić information content (AvgIpc) is 2.54. The first-order valence-electron chi connectivity index (χ1n) is 7.10. The molecule has 0 bridgehead atoms. The third kappa shape index (κ3) is 4.11. The molecular formula is C16H10ClF4NO5. The fourth-order valence-electron chi connectivity index (χ4n) is 2.53. The van der Waals surface area contributed by atoms with Crippen LogP contribution in [0.4, 0.5) is 23.2 Å². The summed E-state index contributed by atoms with van der Waals surface area (Å²) in [7, 11) is 0.811. The molecule has 2 rings (SSSR count). The Hall–Kier alpha value is -2.88. The van der Waals surface area contributed by atoms with Gasteiger partial charge in [-0.3, -0.25) is 14.9 Å². The molecule has 0 spiro atoms. The minimum absolute atomic E-state index is 0.143. The van der Waals surface area contributed by atoms with Crippen molar-refractivity contribution in [1.82, 2.24) is 0 Å². The third-order valence-electron chi connectivity index (χ3n) is 3.57. The quantitative estimate of drug-likeness (QED) is 0.440. The van der Waals surface area contributed by atoms with Gasteiger partial charge in [-0.1, -0.05) is 11.6 Å². The minimum Gasteiger partial charge on any atom is -0.490 e. The molecule has 2 aromatic carbocycles. The number of rotatable bonds is 5. The van der Waals surface area contributed by atoms with Crippen LogP contribution in [-0.4, -0.2) is 23.1 Å². The van der Waals surface area contributed by atoms with Crippen LogP contribution in [-0.2, 0) is 17.4 Å². The van der Waals surface area contributed by atoms with E-state index in [-0.39, 0.29) is 10.6 Å². The number of alkyl halides is 3. The number of carboxylic acid groups (broad SMARTS) is 1. The van der Waals surface area contributed by atoms with Crippen LogP contribution < -0.4 is 4.74 Å². The van der Waals surface area contributed by atoms with E-state index >= 15 is 0 Å². The highest BCUT2D eigenvalue weighted by atomic mass is 35.5. The lowest BCUT2D eigenvalue weighted by Gasteiger charge is -2.15. The molecule has 11 heteroatoms. The van der Waals surface area contributed by atoms with Gasteiger partial charge in [0.15, 0.2) is 0 Å². The molecule has 0 saturated heterocycles. The zero-order valence-corrected chi connectivity index (χ0v) is 14.2. The molecule has 1 N–H and O–H groups in total. The monoisotopic (exact) mass is 407 g/mol. The van der Waals surface area contributed by atoms with Crippen LogP contribution in [0.25, 0.3) is 11.1 Å². The zero-order chi connectivity index (χ0) is 20.5. The van der Waals surface area contributed by atoms with Gasteiger partial charge in [0.1, 0.15) is 11.4 Å². The summed E-state index contributed by atoms with van der Waals surface area (Å²) >= 11 is 5.82. The highest BCUT2D eigenvalue weighted by Gasteiger charge is 2.39. The summed E-state index contributed by atoms with van der Waals surface area (Å²) in [5.74, 6) is -3.63. The van der Waals surface area contributed by atoms with Crippen molar-refractivity contribution in [3.8, 4) is 16.9 Å². The average molecular weight is 408 g/mol. The predicted molar refractivity (Wildman–Crippen MR) is 86.4 cm³/mol. The Morgan fingerprint density at radius 3 is 2.41 bits per heavy atom. The number of halogens is 5. The second-order valence-electron chi connectivity index (χ2n) is 5.29. The number of ether oxygens (including phenoxy) is 1. The third-order valence-corrected chi connectivity index (χ3v) is 3.79. The van der Waals surface area contributed by atoms with Crippen molar-refractivity contribution >= 4 is 23.3 Å². The lowest BCUT2D eigenvalue weighted by molar-refractivity contribution is -0.385. The fraction of sp³-hybridized carbons (Fsp3) is 0.188. The van der Waals surface area contributed by atoms with Crippen molar-refractivity contribution < 1.29 is 37.1 Å². The van der Waals surface area contributed by atoms with E-state index in [0.29, 0.717) is 12.1 Å². The number of hydrogen-bond acceptors (Lipinski definition) is 4. The van der Waals surface area contributed by atoms with E-state index in [4.69, 9.17) is 16.7 Å². The fourth-order valence-corrected chi connectivity index (χ4v) is 2.77. The van der Waals surface area contributed by atoms with Gasteiger partial charge in [0.2, 0.25) is 5.75 Å². The van der Waals surface area contributed by atoms with Gasteiger partial charge in [-0.25, -0.2) is 4.39 Å². The van der Waals surface area contributed by atoms with Gasteiger partial charge in [-0.2, -0.15) is 13.2 Å². The molecular weight excluding hydrogens is 398 g/mol. The maximum absolute atomic E-state index is 14.7. The van der Waals surface area contributed by atoms with Crippen LogP contribution >= 0.6 is 11.6 Å². The SMILES string of the molecule is COc1c(C(F)(F)F)ccc(-c2cc(Cl)cc(CC(=O)O)c2F)c1[N+](=O)[O-]. The van der Waals surface area contributed by atoms with Crippen LogP contribution in [0.5, 0.6) is 5.75 Å². The molecule has 0 aliphatic heterocycles. The number of methoxy groups -OCH3 is 1. The maximum atomic E-state index is 14.7. The number of carbonyl (C=O) groups is 1. The van der Waals surface area contributed by atoms with Crippen molar-refractivity contribution in [3.63, 3.8) is 0 Å². The Morgan fingerprint density at radius 2 is 1.93 bits per heavy atom. The minimum atomic E-state index is -4.95. The maximum Gasteiger partial charge on any atom is 0.420 e. The summed E-state index contributed by atoms with van der Waals surface area (Å²) in [6.45, 7) is 0. The molecule has 0 aromatic heterocycles. The first kappa shape index (κ1) is 20.4. The van der Waals surface area contributed by atoms with Crippen molar-refractivity contribution in [2.75, 3.05) is 7.11 Å². The van der Waals surface area contributed by atoms with E-state index in [1.165, 1.54) is 0 Å². The Balaban J connectivity index is 2.86. The van der Waals surface area contributed by atoms with Crippen LogP contribution in [0, 0.1) is 15.9 Å². The number of hydrogen-bond donors (Lipinski definition) is 1. The van der Waals surface area contributed by atoms with E-state index in [1.54, 1.807) is 0 Å². The Kier molecular flexibility index (Phi) is 5.59. The number of nitro benzene ring substituents is 1. The largest absolute Gasteiger partial charge is 0.490 e. The molecule has 2 aromatic rings. The van der Waals surface area contributed by atoms with E-state index in [9.17, 15) is 32.5 Å².